The second-order valence-electron chi connectivity index (χ2n) is 5.49. The largest absolute Gasteiger partial charge is 0.291 e. The van der Waals surface area contributed by atoms with E-state index in [1.807, 2.05) is 54.6 Å². The van der Waals surface area contributed by atoms with Gasteiger partial charge in [-0.25, -0.2) is 9.98 Å². The topological polar surface area (TPSA) is 101 Å². The molecular formula is C17H13BrN6. The molecule has 4 N–H and O–H groups in total. The van der Waals surface area contributed by atoms with Crippen molar-refractivity contribution in [2.75, 3.05) is 0 Å². The molecule has 2 aliphatic rings. The predicted molar refractivity (Wildman–Crippen MR) is 97.4 cm³/mol. The van der Waals surface area contributed by atoms with Crippen molar-refractivity contribution in [1.82, 2.24) is 0 Å². The number of rotatable bonds is 2. The van der Waals surface area contributed by atoms with E-state index in [-0.39, 0.29) is 0 Å². The third-order valence-corrected chi connectivity index (χ3v) is 4.29. The minimum Gasteiger partial charge on any atom is -0.291 e. The monoisotopic (exact) mass is 380 g/mol. The summed E-state index contributed by atoms with van der Waals surface area (Å²) in [5.41, 5.74) is 15.4. The highest BCUT2D eigenvalue weighted by atomic mass is 79.9. The molecule has 2 aliphatic heterocycles. The zero-order valence-corrected chi connectivity index (χ0v) is 14.1. The van der Waals surface area contributed by atoms with Gasteiger partial charge in [0.15, 0.2) is 17.5 Å². The third kappa shape index (κ3) is 2.52. The first-order valence-electron chi connectivity index (χ1n) is 7.29. The smallest absolute Gasteiger partial charge is 0.194 e. The van der Waals surface area contributed by atoms with Gasteiger partial charge in [0.25, 0.3) is 0 Å². The van der Waals surface area contributed by atoms with Crippen LogP contribution in [0, 0.1) is 0 Å². The van der Waals surface area contributed by atoms with Crippen LogP contribution in [0.4, 0.5) is 0 Å². The van der Waals surface area contributed by atoms with Crippen molar-refractivity contribution in [3.63, 3.8) is 0 Å². The van der Waals surface area contributed by atoms with Gasteiger partial charge < -0.3 is 0 Å². The van der Waals surface area contributed by atoms with Crippen molar-refractivity contribution >= 4 is 33.3 Å². The van der Waals surface area contributed by atoms with Crippen molar-refractivity contribution in [2.45, 2.75) is 5.79 Å². The fourth-order valence-corrected chi connectivity index (χ4v) is 2.90. The molecule has 0 aromatic heterocycles. The number of fused-ring (bicyclic) bond motifs is 1. The maximum Gasteiger partial charge on any atom is 0.194 e. The van der Waals surface area contributed by atoms with Gasteiger partial charge in [-0.2, -0.15) is 0 Å². The highest BCUT2D eigenvalue weighted by Gasteiger charge is 2.39. The number of benzene rings is 2. The van der Waals surface area contributed by atoms with Crippen LogP contribution in [0.25, 0.3) is 5.70 Å². The molecule has 2 heterocycles. The van der Waals surface area contributed by atoms with Gasteiger partial charge in [-0.1, -0.05) is 58.4 Å². The number of hydrogen-bond donors (Lipinski definition) is 2. The van der Waals surface area contributed by atoms with Crippen molar-refractivity contribution in [2.24, 2.45) is 31.7 Å². The highest BCUT2D eigenvalue weighted by molar-refractivity contribution is 9.10. The molecule has 0 radical (unpaired) electrons. The quantitative estimate of drug-likeness (QED) is 0.781. The summed E-state index contributed by atoms with van der Waals surface area (Å²) in [5, 5.41) is 8.39. The fraction of sp³-hybridized carbons (Fsp3) is 0.0588. The Kier molecular flexibility index (Phi) is 3.49. The summed E-state index contributed by atoms with van der Waals surface area (Å²) in [6.07, 6.45) is 0. The van der Waals surface area contributed by atoms with Crippen molar-refractivity contribution < 1.29 is 0 Å². The normalized spacial score (nSPS) is 18.3. The van der Waals surface area contributed by atoms with E-state index in [0.29, 0.717) is 22.9 Å². The number of nitrogens with two attached hydrogens (primary N) is 2. The molecule has 0 bridgehead atoms. The van der Waals surface area contributed by atoms with E-state index in [9.17, 15) is 0 Å². The molecule has 0 fully saturated rings. The van der Waals surface area contributed by atoms with Crippen LogP contribution in [-0.2, 0) is 0 Å². The summed E-state index contributed by atoms with van der Waals surface area (Å²) < 4.78 is 0.973. The number of nitrogens with zero attached hydrogens (tertiary/aromatic N) is 4. The summed E-state index contributed by atoms with van der Waals surface area (Å²) in [5.74, 6) is -0.573. The standard InChI is InChI=1S/C17H13BrN6/c18-12-8-6-10(7-9-12)14-13-16(24-23-14)21-15(22-17(13,19)20)11-4-2-1-3-5-11/h1-9H,19-20H2. The molecule has 118 valence electrons. The molecule has 7 heteroatoms. The molecule has 0 aliphatic carbocycles. The summed E-state index contributed by atoms with van der Waals surface area (Å²) in [6, 6.07) is 17.2. The van der Waals surface area contributed by atoms with E-state index in [1.54, 1.807) is 0 Å². The lowest BCUT2D eigenvalue weighted by Gasteiger charge is -2.26. The van der Waals surface area contributed by atoms with Gasteiger partial charge in [-0.3, -0.25) is 11.5 Å². The zero-order valence-electron chi connectivity index (χ0n) is 12.5. The molecule has 0 saturated heterocycles. The molecule has 24 heavy (non-hydrogen) atoms. The lowest BCUT2D eigenvalue weighted by Crippen LogP contribution is -2.53. The second-order valence-corrected chi connectivity index (χ2v) is 6.41. The van der Waals surface area contributed by atoms with E-state index in [0.717, 1.165) is 15.6 Å². The first-order valence-corrected chi connectivity index (χ1v) is 8.08. The van der Waals surface area contributed by atoms with Crippen molar-refractivity contribution in [3.8, 4) is 0 Å². The Morgan fingerprint density at radius 1 is 0.792 bits per heavy atom. The minimum absolute atomic E-state index is 0.409. The Morgan fingerprint density at radius 2 is 1.50 bits per heavy atom. The van der Waals surface area contributed by atoms with Crippen LogP contribution < -0.4 is 11.5 Å². The minimum atomic E-state index is -1.44. The molecule has 2 aromatic rings. The summed E-state index contributed by atoms with van der Waals surface area (Å²) >= 11 is 3.41. The van der Waals surface area contributed by atoms with E-state index in [2.05, 4.69) is 36.1 Å². The van der Waals surface area contributed by atoms with Crippen molar-refractivity contribution in [1.29, 1.82) is 0 Å². The highest BCUT2D eigenvalue weighted by Crippen LogP contribution is 2.35. The summed E-state index contributed by atoms with van der Waals surface area (Å²) in [6.45, 7) is 0. The molecular weight excluding hydrogens is 368 g/mol. The molecule has 6 nitrogen and oxygen atoms in total. The average Bonchev–Trinajstić information content (AvgIpc) is 3.01. The Balaban J connectivity index is 1.83. The van der Waals surface area contributed by atoms with Crippen LogP contribution in [-0.4, -0.2) is 17.5 Å². The first kappa shape index (κ1) is 15.1. The van der Waals surface area contributed by atoms with E-state index in [1.165, 1.54) is 0 Å². The summed E-state index contributed by atoms with van der Waals surface area (Å²) in [7, 11) is 0. The van der Waals surface area contributed by atoms with E-state index >= 15 is 0 Å². The van der Waals surface area contributed by atoms with Crippen LogP contribution in [0.5, 0.6) is 0 Å². The predicted octanol–water partition coefficient (Wildman–Crippen LogP) is 3.06. The van der Waals surface area contributed by atoms with Crippen LogP contribution in [0.2, 0.25) is 0 Å². The van der Waals surface area contributed by atoms with Gasteiger partial charge in [-0.15, -0.1) is 10.2 Å². The molecule has 0 unspecified atom stereocenters. The Labute approximate surface area is 146 Å². The van der Waals surface area contributed by atoms with E-state index < -0.39 is 5.79 Å². The lowest BCUT2D eigenvalue weighted by atomic mass is 10.00. The Morgan fingerprint density at radius 3 is 2.21 bits per heavy atom. The van der Waals surface area contributed by atoms with Crippen molar-refractivity contribution in [3.05, 3.63) is 75.8 Å². The molecule has 2 aromatic carbocycles. The molecule has 0 amide bonds. The Bertz CT molecular complexity index is 923. The van der Waals surface area contributed by atoms with E-state index in [4.69, 9.17) is 11.5 Å². The molecule has 0 spiro atoms. The number of hydrogen-bond acceptors (Lipinski definition) is 6. The molecule has 0 saturated carbocycles. The Hall–Kier alpha value is -2.48. The zero-order chi connectivity index (χ0) is 16.7. The van der Waals surface area contributed by atoms with Gasteiger partial charge in [0, 0.05) is 15.6 Å². The number of azo groups is 1. The molecule has 4 rings (SSSR count). The van der Waals surface area contributed by atoms with Crippen LogP contribution >= 0.6 is 15.9 Å². The van der Waals surface area contributed by atoms with Gasteiger partial charge in [0.1, 0.15) is 5.70 Å². The third-order valence-electron chi connectivity index (χ3n) is 3.76. The molecule has 0 atom stereocenters. The average molecular weight is 381 g/mol. The number of amidine groups is 2. The van der Waals surface area contributed by atoms with Gasteiger partial charge in [0.2, 0.25) is 0 Å². The van der Waals surface area contributed by atoms with Crippen LogP contribution in [0.3, 0.4) is 0 Å². The van der Waals surface area contributed by atoms with Gasteiger partial charge in [-0.05, 0) is 12.1 Å². The lowest BCUT2D eigenvalue weighted by molar-refractivity contribution is 0.565. The van der Waals surface area contributed by atoms with Gasteiger partial charge in [0.05, 0.1) is 5.57 Å². The maximum atomic E-state index is 6.27. The first-order chi connectivity index (χ1) is 11.5. The second kappa shape index (κ2) is 5.55. The maximum absolute atomic E-state index is 6.27. The van der Waals surface area contributed by atoms with Crippen LogP contribution in [0.15, 0.2) is 84.9 Å². The van der Waals surface area contributed by atoms with Gasteiger partial charge >= 0.3 is 0 Å². The SMILES string of the molecule is NC1(N)N=C(c2ccccc2)N=C2N=NC(c3ccc(Br)cc3)=C21. The number of aliphatic imine (C=N–C) groups is 2. The number of halogens is 1. The fourth-order valence-electron chi connectivity index (χ4n) is 2.63. The van der Waals surface area contributed by atoms with Crippen LogP contribution in [0.1, 0.15) is 11.1 Å². The summed E-state index contributed by atoms with van der Waals surface area (Å²) in [4.78, 5) is 8.90.